The van der Waals surface area contributed by atoms with E-state index in [-0.39, 0.29) is 6.04 Å². The third-order valence-electron chi connectivity index (χ3n) is 5.52. The van der Waals surface area contributed by atoms with E-state index in [1.165, 1.54) is 0 Å². The zero-order chi connectivity index (χ0) is 19.8. The molecule has 1 atom stereocenters. The maximum Gasteiger partial charge on any atom is 0.315 e. The molecule has 7 heteroatoms. The van der Waals surface area contributed by atoms with Crippen LogP contribution in [0.4, 0.5) is 4.79 Å². The molecule has 1 fully saturated rings. The molecule has 4 aromatic rings. The Labute approximate surface area is 167 Å². The molecule has 2 aromatic heterocycles. The first-order chi connectivity index (χ1) is 14.2. The summed E-state index contributed by atoms with van der Waals surface area (Å²) in [6, 6.07) is 17.3. The molecule has 146 valence electrons. The Morgan fingerprint density at radius 3 is 2.86 bits per heavy atom. The van der Waals surface area contributed by atoms with Gasteiger partial charge >= 0.3 is 6.03 Å². The van der Waals surface area contributed by atoms with Crippen molar-refractivity contribution in [1.29, 1.82) is 0 Å². The van der Waals surface area contributed by atoms with Gasteiger partial charge in [-0.25, -0.2) is 4.79 Å². The fourth-order valence-electron chi connectivity index (χ4n) is 4.09. The van der Waals surface area contributed by atoms with Gasteiger partial charge < -0.3 is 15.2 Å². The maximum absolute atomic E-state index is 12.1. The highest BCUT2D eigenvalue weighted by Gasteiger charge is 2.33. The van der Waals surface area contributed by atoms with E-state index in [9.17, 15) is 4.79 Å². The van der Waals surface area contributed by atoms with Crippen molar-refractivity contribution in [2.75, 3.05) is 19.6 Å². The number of hydrogen-bond donors (Lipinski definition) is 1. The van der Waals surface area contributed by atoms with Crippen LogP contribution in [0, 0.1) is 0 Å². The fourth-order valence-corrected chi connectivity index (χ4v) is 4.09. The second-order valence-corrected chi connectivity index (χ2v) is 7.38. The first-order valence-electron chi connectivity index (χ1n) is 9.65. The number of para-hydroxylation sites is 2. The second-order valence-electron chi connectivity index (χ2n) is 7.38. The highest BCUT2D eigenvalue weighted by atomic mass is 16.5. The minimum atomic E-state index is -0.436. The number of urea groups is 1. The van der Waals surface area contributed by atoms with Crippen LogP contribution in [0.3, 0.4) is 0 Å². The molecule has 0 saturated carbocycles. The van der Waals surface area contributed by atoms with Gasteiger partial charge in [0, 0.05) is 43.1 Å². The van der Waals surface area contributed by atoms with E-state index in [0.717, 1.165) is 40.6 Å². The van der Waals surface area contributed by atoms with Gasteiger partial charge in [-0.2, -0.15) is 0 Å². The van der Waals surface area contributed by atoms with Gasteiger partial charge in [-0.15, -0.1) is 0 Å². The van der Waals surface area contributed by atoms with Crippen LogP contribution in [0.2, 0.25) is 0 Å². The Kier molecular flexibility index (Phi) is 4.37. The topological polar surface area (TPSA) is 88.5 Å². The SMILES string of the molecule is NC(=O)N1CCN(Cc2cnc3ccccc3c2)CC1c1noc2ccccc12. The van der Waals surface area contributed by atoms with Crippen LogP contribution in [0.1, 0.15) is 17.3 Å². The van der Waals surface area contributed by atoms with Gasteiger partial charge in [-0.1, -0.05) is 35.5 Å². The molecule has 29 heavy (non-hydrogen) atoms. The van der Waals surface area contributed by atoms with Gasteiger partial charge in [-0.3, -0.25) is 9.88 Å². The number of aromatic nitrogens is 2. The third-order valence-corrected chi connectivity index (χ3v) is 5.52. The average Bonchev–Trinajstić information content (AvgIpc) is 3.17. The molecule has 1 aliphatic rings. The van der Waals surface area contributed by atoms with Gasteiger partial charge in [0.05, 0.1) is 11.6 Å². The number of piperazine rings is 1. The molecule has 0 spiro atoms. The number of nitrogens with zero attached hydrogens (tertiary/aromatic N) is 4. The number of amides is 2. The number of primary amides is 1. The van der Waals surface area contributed by atoms with Gasteiger partial charge in [0.25, 0.3) is 0 Å². The van der Waals surface area contributed by atoms with Crippen molar-refractivity contribution in [2.45, 2.75) is 12.6 Å². The lowest BCUT2D eigenvalue weighted by molar-refractivity contribution is 0.0909. The molecule has 7 nitrogen and oxygen atoms in total. The summed E-state index contributed by atoms with van der Waals surface area (Å²) in [5.41, 5.74) is 9.26. The van der Waals surface area contributed by atoms with E-state index in [1.807, 2.05) is 48.7 Å². The Morgan fingerprint density at radius 2 is 1.97 bits per heavy atom. The Balaban J connectivity index is 1.43. The zero-order valence-corrected chi connectivity index (χ0v) is 15.9. The molecule has 0 aliphatic carbocycles. The van der Waals surface area contributed by atoms with E-state index in [4.69, 9.17) is 10.3 Å². The van der Waals surface area contributed by atoms with Crippen LogP contribution >= 0.6 is 0 Å². The van der Waals surface area contributed by atoms with Gasteiger partial charge in [0.1, 0.15) is 5.69 Å². The van der Waals surface area contributed by atoms with Gasteiger partial charge in [0.15, 0.2) is 5.58 Å². The lowest BCUT2D eigenvalue weighted by atomic mass is 10.0. The third kappa shape index (κ3) is 3.30. The van der Waals surface area contributed by atoms with Gasteiger partial charge in [0.2, 0.25) is 0 Å². The molecular formula is C22H21N5O2. The number of carbonyl (C=O) groups excluding carboxylic acids is 1. The monoisotopic (exact) mass is 387 g/mol. The largest absolute Gasteiger partial charge is 0.356 e. The van der Waals surface area contributed by atoms with E-state index >= 15 is 0 Å². The van der Waals surface area contributed by atoms with Crippen LogP contribution in [0.15, 0.2) is 65.3 Å². The van der Waals surface area contributed by atoms with Crippen LogP contribution in [-0.2, 0) is 6.54 Å². The number of carbonyl (C=O) groups is 1. The summed E-state index contributed by atoms with van der Waals surface area (Å²) in [5.74, 6) is 0. The molecule has 1 unspecified atom stereocenters. The number of benzene rings is 2. The predicted octanol–water partition coefficient (Wildman–Crippen LogP) is 3.31. The van der Waals surface area contributed by atoms with Crippen molar-refractivity contribution in [3.8, 4) is 0 Å². The Morgan fingerprint density at radius 1 is 1.14 bits per heavy atom. The zero-order valence-electron chi connectivity index (χ0n) is 15.9. The van der Waals surface area contributed by atoms with Crippen LogP contribution < -0.4 is 5.73 Å². The minimum absolute atomic E-state index is 0.252. The number of hydrogen-bond acceptors (Lipinski definition) is 5. The first-order valence-corrected chi connectivity index (χ1v) is 9.65. The van der Waals surface area contributed by atoms with Gasteiger partial charge in [-0.05, 0) is 29.8 Å². The molecule has 2 N–H and O–H groups in total. The van der Waals surface area contributed by atoms with E-state index in [2.05, 4.69) is 27.2 Å². The smallest absolute Gasteiger partial charge is 0.315 e. The molecule has 1 saturated heterocycles. The quantitative estimate of drug-likeness (QED) is 0.583. The number of rotatable bonds is 3. The second kappa shape index (κ2) is 7.18. The standard InChI is InChI=1S/C22H21N5O2/c23-22(28)27-10-9-26(13-15-11-16-5-1-3-7-18(16)24-12-15)14-19(27)21-17-6-2-4-8-20(17)29-25-21/h1-8,11-12,19H,9-10,13-14H2,(H2,23,28). The van der Waals surface area contributed by atoms with Crippen molar-refractivity contribution < 1.29 is 9.32 Å². The molecule has 3 heterocycles. The Hall–Kier alpha value is -3.45. The number of nitrogens with two attached hydrogens (primary N) is 1. The van der Waals surface area contributed by atoms with Crippen LogP contribution in [0.25, 0.3) is 21.9 Å². The van der Waals surface area contributed by atoms with Crippen LogP contribution in [0.5, 0.6) is 0 Å². The molecular weight excluding hydrogens is 366 g/mol. The van der Waals surface area contributed by atoms with Crippen molar-refractivity contribution in [3.05, 3.63) is 72.1 Å². The number of fused-ring (bicyclic) bond motifs is 2. The van der Waals surface area contributed by atoms with E-state index < -0.39 is 6.03 Å². The number of pyridine rings is 1. The summed E-state index contributed by atoms with van der Waals surface area (Å²) in [6.45, 7) is 2.66. The van der Waals surface area contributed by atoms with Crippen molar-refractivity contribution in [3.63, 3.8) is 0 Å². The molecule has 1 aliphatic heterocycles. The lowest BCUT2D eigenvalue weighted by Crippen LogP contribution is -2.52. The van der Waals surface area contributed by atoms with Crippen molar-refractivity contribution in [1.82, 2.24) is 19.9 Å². The summed E-state index contributed by atoms with van der Waals surface area (Å²) in [5, 5.41) is 6.31. The fraction of sp³-hybridized carbons (Fsp3) is 0.227. The summed E-state index contributed by atoms with van der Waals surface area (Å²) in [6.07, 6.45) is 1.92. The lowest BCUT2D eigenvalue weighted by Gasteiger charge is -2.39. The molecule has 0 radical (unpaired) electrons. The molecule has 2 aromatic carbocycles. The van der Waals surface area contributed by atoms with E-state index in [0.29, 0.717) is 18.7 Å². The van der Waals surface area contributed by atoms with E-state index in [1.54, 1.807) is 4.90 Å². The highest BCUT2D eigenvalue weighted by Crippen LogP contribution is 2.31. The molecule has 5 rings (SSSR count). The normalized spacial score (nSPS) is 17.8. The predicted molar refractivity (Wildman–Crippen MR) is 110 cm³/mol. The van der Waals surface area contributed by atoms with Crippen molar-refractivity contribution in [2.24, 2.45) is 5.73 Å². The first kappa shape index (κ1) is 17.6. The molecule has 2 amide bonds. The highest BCUT2D eigenvalue weighted by molar-refractivity contribution is 5.81. The minimum Gasteiger partial charge on any atom is -0.356 e. The Bertz CT molecular complexity index is 1190. The maximum atomic E-state index is 12.1. The van der Waals surface area contributed by atoms with Crippen LogP contribution in [-0.4, -0.2) is 45.6 Å². The average molecular weight is 387 g/mol. The summed E-state index contributed by atoms with van der Waals surface area (Å²) < 4.78 is 5.47. The summed E-state index contributed by atoms with van der Waals surface area (Å²) >= 11 is 0. The molecule has 0 bridgehead atoms. The summed E-state index contributed by atoms with van der Waals surface area (Å²) in [4.78, 5) is 20.6. The summed E-state index contributed by atoms with van der Waals surface area (Å²) in [7, 11) is 0. The van der Waals surface area contributed by atoms with Crippen molar-refractivity contribution >= 4 is 27.9 Å².